The van der Waals surface area contributed by atoms with Gasteiger partial charge in [0.05, 0.1) is 6.61 Å². The Bertz CT molecular complexity index is 210. The molecule has 0 aliphatic heterocycles. The van der Waals surface area contributed by atoms with E-state index < -0.39 is 0 Å². The molecule has 2 nitrogen and oxygen atoms in total. The van der Waals surface area contributed by atoms with Gasteiger partial charge < -0.3 is 4.74 Å². The van der Waals surface area contributed by atoms with E-state index in [4.69, 9.17) is 4.74 Å². The summed E-state index contributed by atoms with van der Waals surface area (Å²) in [6.45, 7) is 4.78. The van der Waals surface area contributed by atoms with Crippen molar-refractivity contribution in [1.29, 1.82) is 0 Å². The average Bonchev–Trinajstić information content (AvgIpc) is 2.24. The summed E-state index contributed by atoms with van der Waals surface area (Å²) in [5.41, 5.74) is 0. The van der Waals surface area contributed by atoms with Crippen molar-refractivity contribution in [2.45, 2.75) is 58.8 Å². The monoisotopic (exact) mass is 210 g/mol. The zero-order valence-electron chi connectivity index (χ0n) is 9.97. The first-order valence-electron chi connectivity index (χ1n) is 5.96. The van der Waals surface area contributed by atoms with E-state index in [1.807, 2.05) is 0 Å². The highest BCUT2D eigenvalue weighted by Gasteiger charge is 1.95. The van der Waals surface area contributed by atoms with Crippen LogP contribution in [0, 0.1) is 11.8 Å². The third kappa shape index (κ3) is 11.0. The highest BCUT2D eigenvalue weighted by molar-refractivity contribution is 5.88. The topological polar surface area (TPSA) is 26.3 Å². The molecule has 0 amide bonds. The maximum atomic E-state index is 11.0. The lowest BCUT2D eigenvalue weighted by molar-refractivity contribution is -0.136. The number of carbonyl (C=O) groups is 1. The minimum Gasteiger partial charge on any atom is -0.456 e. The second-order valence-electron chi connectivity index (χ2n) is 3.60. The first-order valence-corrected chi connectivity index (χ1v) is 5.96. The van der Waals surface area contributed by atoms with E-state index in [0.717, 1.165) is 32.1 Å². The van der Waals surface area contributed by atoms with Gasteiger partial charge in [-0.25, -0.2) is 4.79 Å². The molecule has 2 heteroatoms. The van der Waals surface area contributed by atoms with Crippen molar-refractivity contribution in [2.75, 3.05) is 6.61 Å². The molecular weight excluding hydrogens is 188 g/mol. The first kappa shape index (κ1) is 14.0. The molecule has 0 atom stereocenters. The summed E-state index contributed by atoms with van der Waals surface area (Å²) in [5.74, 6) is 4.94. The molecule has 0 aromatic carbocycles. The van der Waals surface area contributed by atoms with Gasteiger partial charge in [-0.15, -0.1) is 0 Å². The number of ether oxygens (including phenoxy) is 1. The summed E-state index contributed by atoms with van der Waals surface area (Å²) < 4.78 is 4.96. The Morgan fingerprint density at radius 2 is 1.80 bits per heavy atom. The van der Waals surface area contributed by atoms with E-state index in [1.165, 1.54) is 12.8 Å². The van der Waals surface area contributed by atoms with E-state index in [2.05, 4.69) is 25.7 Å². The minimum atomic E-state index is -0.373. The van der Waals surface area contributed by atoms with E-state index in [9.17, 15) is 4.79 Å². The molecule has 0 saturated heterocycles. The van der Waals surface area contributed by atoms with Crippen molar-refractivity contribution in [3.63, 3.8) is 0 Å². The van der Waals surface area contributed by atoms with Gasteiger partial charge in [0.1, 0.15) is 0 Å². The van der Waals surface area contributed by atoms with Crippen molar-refractivity contribution in [3.05, 3.63) is 0 Å². The van der Waals surface area contributed by atoms with Gasteiger partial charge in [-0.1, -0.05) is 45.5 Å². The minimum absolute atomic E-state index is 0.373. The fourth-order valence-electron chi connectivity index (χ4n) is 1.13. The molecule has 0 radical (unpaired) electrons. The highest BCUT2D eigenvalue weighted by Crippen LogP contribution is 1.98. The Kier molecular flexibility index (Phi) is 10.4. The second kappa shape index (κ2) is 11.1. The van der Waals surface area contributed by atoms with Crippen LogP contribution < -0.4 is 0 Å². The zero-order chi connectivity index (χ0) is 11.4. The summed E-state index contributed by atoms with van der Waals surface area (Å²) in [7, 11) is 0. The highest BCUT2D eigenvalue weighted by atomic mass is 16.5. The van der Waals surface area contributed by atoms with Crippen molar-refractivity contribution < 1.29 is 9.53 Å². The van der Waals surface area contributed by atoms with Gasteiger partial charge in [0.2, 0.25) is 0 Å². The summed E-state index contributed by atoms with van der Waals surface area (Å²) >= 11 is 0. The van der Waals surface area contributed by atoms with Crippen LogP contribution in [0.3, 0.4) is 0 Å². The number of carbonyl (C=O) groups excluding carboxylic acids is 1. The quantitative estimate of drug-likeness (QED) is 0.279. The van der Waals surface area contributed by atoms with Crippen LogP contribution in [0.5, 0.6) is 0 Å². The standard InChI is InChI=1S/C13H22O2/c1-3-5-7-9-11-13(14)15-12-10-8-6-4-2/h3-8,10,12H2,1-2H3. The van der Waals surface area contributed by atoms with Crippen LogP contribution in [0.15, 0.2) is 0 Å². The molecule has 15 heavy (non-hydrogen) atoms. The SMILES string of the molecule is CCCCC#CC(=O)OCCCCCC. The Morgan fingerprint density at radius 1 is 1.07 bits per heavy atom. The molecule has 0 rings (SSSR count). The van der Waals surface area contributed by atoms with E-state index >= 15 is 0 Å². The summed E-state index contributed by atoms with van der Waals surface area (Å²) in [4.78, 5) is 11.0. The Morgan fingerprint density at radius 3 is 2.47 bits per heavy atom. The Hall–Kier alpha value is -0.970. The second-order valence-corrected chi connectivity index (χ2v) is 3.60. The Balaban J connectivity index is 3.35. The van der Waals surface area contributed by atoms with Gasteiger partial charge >= 0.3 is 5.97 Å². The van der Waals surface area contributed by atoms with Crippen LogP contribution in [0.4, 0.5) is 0 Å². The van der Waals surface area contributed by atoms with Crippen LogP contribution in [-0.4, -0.2) is 12.6 Å². The number of hydrogen-bond acceptors (Lipinski definition) is 2. The van der Waals surface area contributed by atoms with Crippen molar-refractivity contribution in [3.8, 4) is 11.8 Å². The lowest BCUT2D eigenvalue weighted by Gasteiger charge is -1.99. The molecule has 0 heterocycles. The number of rotatable bonds is 7. The van der Waals surface area contributed by atoms with Gasteiger partial charge in [-0.2, -0.15) is 0 Å². The zero-order valence-corrected chi connectivity index (χ0v) is 9.97. The molecule has 0 aromatic heterocycles. The van der Waals surface area contributed by atoms with Crippen LogP contribution in [0.1, 0.15) is 58.8 Å². The summed E-state index contributed by atoms with van der Waals surface area (Å²) in [5, 5.41) is 0. The maximum Gasteiger partial charge on any atom is 0.384 e. The third-order valence-electron chi connectivity index (χ3n) is 2.08. The van der Waals surface area contributed by atoms with E-state index in [1.54, 1.807) is 0 Å². The molecule has 0 bridgehead atoms. The molecule has 0 saturated carbocycles. The van der Waals surface area contributed by atoms with Crippen LogP contribution in [0.2, 0.25) is 0 Å². The largest absolute Gasteiger partial charge is 0.456 e. The number of esters is 1. The van der Waals surface area contributed by atoms with E-state index in [-0.39, 0.29) is 5.97 Å². The van der Waals surface area contributed by atoms with Crippen molar-refractivity contribution in [2.24, 2.45) is 0 Å². The molecule has 0 unspecified atom stereocenters. The Labute approximate surface area is 93.4 Å². The van der Waals surface area contributed by atoms with Crippen molar-refractivity contribution >= 4 is 5.97 Å². The summed E-state index contributed by atoms with van der Waals surface area (Å²) in [6, 6.07) is 0. The predicted octanol–water partition coefficient (Wildman–Crippen LogP) is 3.30. The predicted molar refractivity (Wildman–Crippen MR) is 62.4 cm³/mol. The molecule has 0 N–H and O–H groups in total. The van der Waals surface area contributed by atoms with Crippen LogP contribution in [-0.2, 0) is 9.53 Å². The van der Waals surface area contributed by atoms with Gasteiger partial charge in [0.25, 0.3) is 0 Å². The van der Waals surface area contributed by atoms with Gasteiger partial charge in [0.15, 0.2) is 0 Å². The third-order valence-corrected chi connectivity index (χ3v) is 2.08. The average molecular weight is 210 g/mol. The smallest absolute Gasteiger partial charge is 0.384 e. The maximum absolute atomic E-state index is 11.0. The molecule has 0 aromatic rings. The summed E-state index contributed by atoms with van der Waals surface area (Å²) in [6.07, 6.45) is 7.45. The molecule has 0 aliphatic carbocycles. The van der Waals surface area contributed by atoms with Gasteiger partial charge in [0, 0.05) is 12.3 Å². The van der Waals surface area contributed by atoms with Crippen molar-refractivity contribution in [1.82, 2.24) is 0 Å². The molecule has 0 spiro atoms. The fourth-order valence-corrected chi connectivity index (χ4v) is 1.13. The van der Waals surface area contributed by atoms with Crippen LogP contribution in [0.25, 0.3) is 0 Å². The fraction of sp³-hybridized carbons (Fsp3) is 0.769. The van der Waals surface area contributed by atoms with Crippen LogP contribution >= 0.6 is 0 Å². The number of unbranched alkanes of at least 4 members (excludes halogenated alkanes) is 5. The normalized spacial score (nSPS) is 9.20. The number of hydrogen-bond donors (Lipinski definition) is 0. The molecule has 86 valence electrons. The van der Waals surface area contributed by atoms with Gasteiger partial charge in [-0.3, -0.25) is 0 Å². The first-order chi connectivity index (χ1) is 7.31. The molecular formula is C13H22O2. The van der Waals surface area contributed by atoms with Gasteiger partial charge in [-0.05, 0) is 12.8 Å². The van der Waals surface area contributed by atoms with E-state index in [0.29, 0.717) is 6.61 Å². The lowest BCUT2D eigenvalue weighted by Crippen LogP contribution is -2.02. The lowest BCUT2D eigenvalue weighted by atomic mass is 10.2. The molecule has 0 fully saturated rings. The molecule has 0 aliphatic rings.